The molecule has 0 saturated carbocycles. The summed E-state index contributed by atoms with van der Waals surface area (Å²) in [4.78, 5) is 10.1. The van der Waals surface area contributed by atoms with Gasteiger partial charge in [0.25, 0.3) is 0 Å². The molecule has 1 aromatic rings. The third-order valence-electron chi connectivity index (χ3n) is 1.99. The molecule has 1 rings (SSSR count). The lowest BCUT2D eigenvalue weighted by molar-refractivity contribution is -0.141. The van der Waals surface area contributed by atoms with Gasteiger partial charge in [0.1, 0.15) is 0 Å². The summed E-state index contributed by atoms with van der Waals surface area (Å²) in [6.07, 6.45) is 0. The van der Waals surface area contributed by atoms with Gasteiger partial charge in [0.15, 0.2) is 0 Å². The van der Waals surface area contributed by atoms with Gasteiger partial charge in [0, 0.05) is 6.92 Å². The molecule has 2 heteroatoms. The van der Waals surface area contributed by atoms with E-state index in [9.17, 15) is 4.79 Å². The van der Waals surface area contributed by atoms with Gasteiger partial charge in [-0.15, -0.1) is 0 Å². The van der Waals surface area contributed by atoms with Crippen molar-refractivity contribution in [1.29, 1.82) is 0 Å². The highest BCUT2D eigenvalue weighted by Gasteiger charge is 1.94. The molecule has 0 spiro atoms. The van der Waals surface area contributed by atoms with E-state index in [1.165, 1.54) is 23.6 Å². The molecule has 0 aromatic heterocycles. The van der Waals surface area contributed by atoms with Gasteiger partial charge in [-0.3, -0.25) is 4.79 Å². The van der Waals surface area contributed by atoms with Crippen molar-refractivity contribution >= 4 is 5.97 Å². The standard InChI is InChI=1S/C9H12.C6H12O2/c1-7-4-8(2)6-9(3)5-7;1-5(2)4-8-6(3)7/h4-6H,1-3H3;5H,4H2,1-3H3. The van der Waals surface area contributed by atoms with Gasteiger partial charge in [-0.25, -0.2) is 0 Å². The zero-order chi connectivity index (χ0) is 13.4. The van der Waals surface area contributed by atoms with Crippen LogP contribution >= 0.6 is 0 Å². The highest BCUT2D eigenvalue weighted by Crippen LogP contribution is 2.06. The summed E-state index contributed by atoms with van der Waals surface area (Å²) in [5, 5.41) is 0. The van der Waals surface area contributed by atoms with Crippen LogP contribution < -0.4 is 0 Å². The third-order valence-corrected chi connectivity index (χ3v) is 1.99. The molecule has 0 aliphatic rings. The highest BCUT2D eigenvalue weighted by molar-refractivity contribution is 5.65. The van der Waals surface area contributed by atoms with E-state index >= 15 is 0 Å². The summed E-state index contributed by atoms with van der Waals surface area (Å²) in [5.74, 6) is 0.248. The van der Waals surface area contributed by atoms with Crippen LogP contribution in [0.25, 0.3) is 0 Å². The van der Waals surface area contributed by atoms with Gasteiger partial charge in [0.2, 0.25) is 0 Å². The minimum atomic E-state index is -0.196. The number of rotatable bonds is 2. The maximum atomic E-state index is 10.1. The number of ether oxygens (including phenoxy) is 1. The van der Waals surface area contributed by atoms with Gasteiger partial charge in [-0.05, 0) is 26.7 Å². The summed E-state index contributed by atoms with van der Waals surface area (Å²) in [6.45, 7) is 12.3. The van der Waals surface area contributed by atoms with Crippen LogP contribution in [0.4, 0.5) is 0 Å². The zero-order valence-electron chi connectivity index (χ0n) is 11.8. The van der Waals surface area contributed by atoms with Crippen molar-refractivity contribution in [3.05, 3.63) is 34.9 Å². The molecule has 0 amide bonds. The molecule has 0 N–H and O–H groups in total. The molecule has 0 saturated heterocycles. The Balaban J connectivity index is 0.000000304. The molecule has 2 nitrogen and oxygen atoms in total. The van der Waals surface area contributed by atoms with E-state index in [0.717, 1.165) is 0 Å². The first-order valence-electron chi connectivity index (χ1n) is 5.99. The van der Waals surface area contributed by atoms with E-state index in [1.807, 2.05) is 13.8 Å². The van der Waals surface area contributed by atoms with Crippen molar-refractivity contribution in [2.24, 2.45) is 5.92 Å². The number of aryl methyl sites for hydroxylation is 3. The van der Waals surface area contributed by atoms with Gasteiger partial charge >= 0.3 is 5.97 Å². The summed E-state index contributed by atoms with van der Waals surface area (Å²) >= 11 is 0. The molecular formula is C15H24O2. The molecule has 17 heavy (non-hydrogen) atoms. The van der Waals surface area contributed by atoms with Crippen molar-refractivity contribution in [1.82, 2.24) is 0 Å². The number of carbonyl (C=O) groups is 1. The lowest BCUT2D eigenvalue weighted by Gasteiger charge is -2.02. The monoisotopic (exact) mass is 236 g/mol. The Hall–Kier alpha value is -1.31. The SMILES string of the molecule is CC(=O)OCC(C)C.Cc1cc(C)cc(C)c1. The first-order chi connectivity index (χ1) is 7.81. The van der Waals surface area contributed by atoms with Crippen molar-refractivity contribution < 1.29 is 9.53 Å². The molecule has 0 radical (unpaired) electrons. The average Bonchev–Trinajstić information content (AvgIpc) is 2.13. The van der Waals surface area contributed by atoms with E-state index in [1.54, 1.807) is 0 Å². The van der Waals surface area contributed by atoms with Crippen LogP contribution in [-0.2, 0) is 9.53 Å². The first kappa shape index (κ1) is 15.7. The maximum absolute atomic E-state index is 10.1. The minimum Gasteiger partial charge on any atom is -0.466 e. The number of carbonyl (C=O) groups excluding carboxylic acids is 1. The van der Waals surface area contributed by atoms with Gasteiger partial charge < -0.3 is 4.74 Å². The van der Waals surface area contributed by atoms with Crippen LogP contribution in [-0.4, -0.2) is 12.6 Å². The first-order valence-corrected chi connectivity index (χ1v) is 5.99. The Kier molecular flexibility index (Phi) is 7.27. The lowest BCUT2D eigenvalue weighted by atomic mass is 10.1. The Morgan fingerprint density at radius 1 is 1.06 bits per heavy atom. The summed E-state index contributed by atoms with van der Waals surface area (Å²) in [7, 11) is 0. The number of hydrogen-bond donors (Lipinski definition) is 0. The highest BCUT2D eigenvalue weighted by atomic mass is 16.5. The molecule has 0 bridgehead atoms. The van der Waals surface area contributed by atoms with Crippen molar-refractivity contribution in [2.45, 2.75) is 41.5 Å². The number of benzene rings is 1. The molecule has 0 aliphatic heterocycles. The third kappa shape index (κ3) is 9.61. The van der Waals surface area contributed by atoms with Crippen molar-refractivity contribution in [3.8, 4) is 0 Å². The second-order valence-electron chi connectivity index (χ2n) is 4.86. The van der Waals surface area contributed by atoms with Crippen LogP contribution in [0.2, 0.25) is 0 Å². The van der Waals surface area contributed by atoms with Crippen LogP contribution in [0.5, 0.6) is 0 Å². The Morgan fingerprint density at radius 2 is 1.41 bits per heavy atom. The second-order valence-corrected chi connectivity index (χ2v) is 4.86. The van der Waals surface area contributed by atoms with Crippen LogP contribution in [0.3, 0.4) is 0 Å². The lowest BCUT2D eigenvalue weighted by Crippen LogP contribution is -2.05. The van der Waals surface area contributed by atoms with E-state index in [4.69, 9.17) is 0 Å². The number of esters is 1. The smallest absolute Gasteiger partial charge is 0.302 e. The minimum absolute atomic E-state index is 0.196. The summed E-state index contributed by atoms with van der Waals surface area (Å²) < 4.78 is 4.66. The predicted octanol–water partition coefficient (Wildman–Crippen LogP) is 3.82. The Morgan fingerprint density at radius 3 is 1.59 bits per heavy atom. The largest absolute Gasteiger partial charge is 0.466 e. The van der Waals surface area contributed by atoms with Crippen LogP contribution in [0.1, 0.15) is 37.5 Å². The second kappa shape index (κ2) is 7.88. The van der Waals surface area contributed by atoms with E-state index < -0.39 is 0 Å². The van der Waals surface area contributed by atoms with Gasteiger partial charge in [-0.2, -0.15) is 0 Å². The van der Waals surface area contributed by atoms with Crippen molar-refractivity contribution in [2.75, 3.05) is 6.61 Å². The van der Waals surface area contributed by atoms with E-state index in [-0.39, 0.29) is 5.97 Å². The van der Waals surface area contributed by atoms with Gasteiger partial charge in [0.05, 0.1) is 6.61 Å². The van der Waals surface area contributed by atoms with Gasteiger partial charge in [-0.1, -0.05) is 48.7 Å². The Labute approximate surface area is 105 Å². The van der Waals surface area contributed by atoms with Crippen LogP contribution in [0, 0.1) is 26.7 Å². The zero-order valence-corrected chi connectivity index (χ0v) is 11.8. The molecule has 0 heterocycles. The van der Waals surface area contributed by atoms with Crippen molar-refractivity contribution in [3.63, 3.8) is 0 Å². The molecule has 96 valence electrons. The van der Waals surface area contributed by atoms with Crippen LogP contribution in [0.15, 0.2) is 18.2 Å². The van der Waals surface area contributed by atoms with E-state index in [2.05, 4.69) is 43.7 Å². The molecule has 0 aliphatic carbocycles. The quantitative estimate of drug-likeness (QED) is 0.730. The topological polar surface area (TPSA) is 26.3 Å². The fraction of sp³-hybridized carbons (Fsp3) is 0.533. The molecule has 0 fully saturated rings. The average molecular weight is 236 g/mol. The van der Waals surface area contributed by atoms with E-state index in [0.29, 0.717) is 12.5 Å². The molecular weight excluding hydrogens is 212 g/mol. The normalized spacial score (nSPS) is 9.59. The fourth-order valence-corrected chi connectivity index (χ4v) is 1.49. The molecule has 0 atom stereocenters. The number of hydrogen-bond acceptors (Lipinski definition) is 2. The Bertz CT molecular complexity index is 303. The summed E-state index contributed by atoms with van der Waals surface area (Å²) in [6, 6.07) is 6.56. The predicted molar refractivity (Wildman–Crippen MR) is 72.1 cm³/mol. The summed E-state index contributed by atoms with van der Waals surface area (Å²) in [5.41, 5.74) is 4.06. The fourth-order valence-electron chi connectivity index (χ4n) is 1.49. The molecule has 1 aromatic carbocycles. The maximum Gasteiger partial charge on any atom is 0.302 e. The molecule has 0 unspecified atom stereocenters.